The van der Waals surface area contributed by atoms with Crippen molar-refractivity contribution in [1.82, 2.24) is 9.88 Å². The molecule has 6 heteroatoms. The molecule has 0 aliphatic carbocycles. The molecule has 0 spiro atoms. The molecular weight excluding hydrogens is 342 g/mol. The Morgan fingerprint density at radius 3 is 2.78 bits per heavy atom. The van der Waals surface area contributed by atoms with Gasteiger partial charge >= 0.3 is 0 Å². The first kappa shape index (κ1) is 17.2. The zero-order chi connectivity index (χ0) is 18.6. The highest BCUT2D eigenvalue weighted by molar-refractivity contribution is 5.94. The number of nitrogens with zero attached hydrogens (tertiary/aromatic N) is 2. The number of carbonyl (C=O) groups is 2. The molecular formula is C21H19N3O3. The Morgan fingerprint density at radius 2 is 1.96 bits per heavy atom. The van der Waals surface area contributed by atoms with Gasteiger partial charge in [-0.25, -0.2) is 4.98 Å². The van der Waals surface area contributed by atoms with Crippen LogP contribution in [0.3, 0.4) is 0 Å². The quantitative estimate of drug-likeness (QED) is 0.853. The molecule has 3 heterocycles. The number of carbonyl (C=O) groups excluding carboxylic acids is 2. The average molecular weight is 361 g/mol. The van der Waals surface area contributed by atoms with Crippen molar-refractivity contribution in [2.24, 2.45) is 0 Å². The van der Waals surface area contributed by atoms with E-state index in [1.807, 2.05) is 24.3 Å². The summed E-state index contributed by atoms with van der Waals surface area (Å²) in [5, 5.41) is 2.70. The smallest absolute Gasteiger partial charge is 0.251 e. The third kappa shape index (κ3) is 4.12. The molecule has 2 aromatic rings. The summed E-state index contributed by atoms with van der Waals surface area (Å²) in [6.07, 6.45) is 7.04. The molecule has 1 saturated heterocycles. The van der Waals surface area contributed by atoms with Crippen molar-refractivity contribution in [3.05, 3.63) is 70.9 Å². The first-order valence-electron chi connectivity index (χ1n) is 8.75. The first-order chi connectivity index (χ1) is 13.2. The maximum Gasteiger partial charge on any atom is 0.251 e. The van der Waals surface area contributed by atoms with Gasteiger partial charge in [0, 0.05) is 30.9 Å². The van der Waals surface area contributed by atoms with Crippen LogP contribution in [0.4, 0.5) is 5.82 Å². The summed E-state index contributed by atoms with van der Waals surface area (Å²) in [6, 6.07) is 12.0. The lowest BCUT2D eigenvalue weighted by Crippen LogP contribution is -2.43. The maximum absolute atomic E-state index is 12.3. The number of hydrogen-bond donors (Lipinski definition) is 1. The van der Waals surface area contributed by atoms with E-state index in [4.69, 9.17) is 4.74 Å². The van der Waals surface area contributed by atoms with Gasteiger partial charge in [-0.3, -0.25) is 9.59 Å². The van der Waals surface area contributed by atoms with Gasteiger partial charge in [-0.1, -0.05) is 36.4 Å². The van der Waals surface area contributed by atoms with Crippen LogP contribution in [0.5, 0.6) is 0 Å². The molecule has 1 N–H and O–H groups in total. The Bertz CT molecular complexity index is 927. The van der Waals surface area contributed by atoms with Crippen LogP contribution in [0.25, 0.3) is 12.2 Å². The van der Waals surface area contributed by atoms with E-state index < -0.39 is 0 Å². The van der Waals surface area contributed by atoms with E-state index in [0.29, 0.717) is 25.5 Å². The van der Waals surface area contributed by atoms with E-state index in [0.717, 1.165) is 16.7 Å². The molecule has 4 rings (SSSR count). The lowest BCUT2D eigenvalue weighted by atomic mass is 10.0. The summed E-state index contributed by atoms with van der Waals surface area (Å²) in [5.41, 5.74) is 3.98. The Kier molecular flexibility index (Phi) is 4.80. The van der Waals surface area contributed by atoms with Crippen LogP contribution in [0.15, 0.2) is 54.2 Å². The second-order valence-corrected chi connectivity index (χ2v) is 6.56. The van der Waals surface area contributed by atoms with Gasteiger partial charge in [0.25, 0.3) is 5.91 Å². The fourth-order valence-electron chi connectivity index (χ4n) is 3.01. The topological polar surface area (TPSA) is 71.5 Å². The molecule has 27 heavy (non-hydrogen) atoms. The Morgan fingerprint density at radius 1 is 1.15 bits per heavy atom. The number of anilines is 1. The molecule has 0 radical (unpaired) electrons. The predicted molar refractivity (Wildman–Crippen MR) is 103 cm³/mol. The van der Waals surface area contributed by atoms with E-state index in [1.54, 1.807) is 23.2 Å². The molecule has 2 aliphatic rings. The molecule has 6 nitrogen and oxygen atoms in total. The highest BCUT2D eigenvalue weighted by atomic mass is 16.5. The number of rotatable bonds is 3. The van der Waals surface area contributed by atoms with Crippen LogP contribution >= 0.6 is 0 Å². The lowest BCUT2D eigenvalue weighted by molar-refractivity contribution is -0.127. The highest BCUT2D eigenvalue weighted by Crippen LogP contribution is 2.20. The van der Waals surface area contributed by atoms with Crippen molar-refractivity contribution in [1.29, 1.82) is 0 Å². The van der Waals surface area contributed by atoms with E-state index in [-0.39, 0.29) is 18.4 Å². The first-order valence-corrected chi connectivity index (χ1v) is 8.75. The number of fused-ring (bicyclic) bond motifs is 1. The Balaban J connectivity index is 1.36. The number of aromatic nitrogens is 1. The van der Waals surface area contributed by atoms with E-state index in [9.17, 15) is 9.59 Å². The molecule has 0 bridgehead atoms. The number of ether oxygens (including phenoxy) is 1. The van der Waals surface area contributed by atoms with Crippen molar-refractivity contribution < 1.29 is 14.3 Å². The van der Waals surface area contributed by atoms with Crippen molar-refractivity contribution in [2.45, 2.75) is 6.61 Å². The van der Waals surface area contributed by atoms with E-state index >= 15 is 0 Å². The summed E-state index contributed by atoms with van der Waals surface area (Å²) in [7, 11) is 0. The monoisotopic (exact) mass is 361 g/mol. The summed E-state index contributed by atoms with van der Waals surface area (Å²) in [6.45, 7) is 1.64. The van der Waals surface area contributed by atoms with Gasteiger partial charge in [0.2, 0.25) is 5.91 Å². The van der Waals surface area contributed by atoms with Crippen molar-refractivity contribution in [3.8, 4) is 0 Å². The summed E-state index contributed by atoms with van der Waals surface area (Å²) in [5.74, 6) is 0.274. The third-order valence-electron chi connectivity index (χ3n) is 4.42. The molecule has 1 fully saturated rings. The van der Waals surface area contributed by atoms with Crippen LogP contribution in [0.2, 0.25) is 0 Å². The lowest BCUT2D eigenvalue weighted by Gasteiger charge is -2.33. The number of amides is 2. The van der Waals surface area contributed by atoms with Crippen molar-refractivity contribution in [3.63, 3.8) is 0 Å². The maximum atomic E-state index is 12.3. The third-order valence-corrected chi connectivity index (χ3v) is 4.42. The van der Waals surface area contributed by atoms with Gasteiger partial charge in [0.15, 0.2) is 0 Å². The van der Waals surface area contributed by atoms with Crippen molar-refractivity contribution >= 4 is 29.8 Å². The van der Waals surface area contributed by atoms with Gasteiger partial charge in [-0.05, 0) is 28.8 Å². The van der Waals surface area contributed by atoms with Crippen LogP contribution in [0.1, 0.15) is 16.7 Å². The second-order valence-electron chi connectivity index (χ2n) is 6.56. The van der Waals surface area contributed by atoms with Gasteiger partial charge < -0.3 is 15.0 Å². The van der Waals surface area contributed by atoms with Gasteiger partial charge in [0.05, 0.1) is 6.61 Å². The number of hydrogen-bond acceptors (Lipinski definition) is 4. The van der Waals surface area contributed by atoms with Gasteiger partial charge in [-0.15, -0.1) is 0 Å². The van der Waals surface area contributed by atoms with Gasteiger partial charge in [-0.2, -0.15) is 0 Å². The second kappa shape index (κ2) is 7.55. The zero-order valence-electron chi connectivity index (χ0n) is 14.7. The SMILES string of the molecule is O=C1COCc2cc(/C=C/C(=O)N3CC(=Cc4ccccc4)C3)cnc2N1. The van der Waals surface area contributed by atoms with Crippen LogP contribution in [-0.2, 0) is 20.9 Å². The fourth-order valence-corrected chi connectivity index (χ4v) is 3.01. The fraction of sp³-hybridized carbons (Fsp3) is 0.190. The molecule has 1 aromatic heterocycles. The standard InChI is InChI=1S/C21H19N3O3/c25-19-14-27-13-18-9-16(10-22-21(18)23-19)6-7-20(26)24-11-17(12-24)8-15-4-2-1-3-5-15/h1-10H,11-14H2,(H,22,23,25)/b7-6+. The number of nitrogens with one attached hydrogen (secondary N) is 1. The Hall–Kier alpha value is -3.25. The molecule has 0 saturated carbocycles. The summed E-state index contributed by atoms with van der Waals surface area (Å²) >= 11 is 0. The minimum absolute atomic E-state index is 0.0216. The van der Waals surface area contributed by atoms with Crippen LogP contribution in [0, 0.1) is 0 Å². The molecule has 136 valence electrons. The minimum Gasteiger partial charge on any atom is -0.367 e. The average Bonchev–Trinajstić information content (AvgIpc) is 2.83. The van der Waals surface area contributed by atoms with Crippen LogP contribution in [-0.4, -0.2) is 41.4 Å². The molecule has 2 amide bonds. The highest BCUT2D eigenvalue weighted by Gasteiger charge is 2.23. The summed E-state index contributed by atoms with van der Waals surface area (Å²) in [4.78, 5) is 29.8. The number of benzene rings is 1. The van der Waals surface area contributed by atoms with Crippen molar-refractivity contribution in [2.75, 3.05) is 25.0 Å². The molecule has 2 aliphatic heterocycles. The van der Waals surface area contributed by atoms with E-state index in [1.165, 1.54) is 5.57 Å². The normalized spacial score (nSPS) is 16.4. The molecule has 1 aromatic carbocycles. The van der Waals surface area contributed by atoms with Gasteiger partial charge in [0.1, 0.15) is 12.4 Å². The Labute approximate surface area is 157 Å². The number of likely N-dealkylation sites (tertiary alicyclic amines) is 1. The molecule has 0 unspecified atom stereocenters. The molecule has 0 atom stereocenters. The largest absolute Gasteiger partial charge is 0.367 e. The predicted octanol–water partition coefficient (Wildman–Crippen LogP) is 2.49. The number of pyridine rings is 1. The van der Waals surface area contributed by atoms with Crippen LogP contribution < -0.4 is 5.32 Å². The zero-order valence-corrected chi connectivity index (χ0v) is 14.7. The summed E-state index contributed by atoms with van der Waals surface area (Å²) < 4.78 is 5.28. The minimum atomic E-state index is -0.211. The van der Waals surface area contributed by atoms with E-state index in [2.05, 4.69) is 28.5 Å².